The van der Waals surface area contributed by atoms with Gasteiger partial charge in [-0.25, -0.2) is 28.1 Å². The third-order valence-electron chi connectivity index (χ3n) is 16.2. The van der Waals surface area contributed by atoms with Crippen LogP contribution < -0.4 is 17.1 Å². The van der Waals surface area contributed by atoms with E-state index < -0.39 is 53.3 Å². The summed E-state index contributed by atoms with van der Waals surface area (Å²) >= 11 is 0. The maximum Gasteiger partial charge on any atom is 0.336 e. The molecule has 0 amide bonds. The molecule has 4 aromatic rings. The summed E-state index contributed by atoms with van der Waals surface area (Å²) in [5.41, 5.74) is -1.32. The number of hydrogen-bond acceptors (Lipinski definition) is 12. The van der Waals surface area contributed by atoms with Crippen LogP contribution in [0.15, 0.2) is 105 Å². The molecule has 15 nitrogen and oxygen atoms in total. The Bertz CT molecular complexity index is 2430. The third kappa shape index (κ3) is 13.9. The molecule has 3 aromatic carbocycles. The molecule has 408 valence electrons. The number of esters is 3. The van der Waals surface area contributed by atoms with Gasteiger partial charge < -0.3 is 14.2 Å². The van der Waals surface area contributed by atoms with Gasteiger partial charge in [0.25, 0.3) is 0 Å². The average molecular weight is 1030 g/mol. The van der Waals surface area contributed by atoms with E-state index in [1.54, 1.807) is 0 Å². The van der Waals surface area contributed by atoms with Crippen molar-refractivity contribution in [1.82, 2.24) is 28.4 Å². The van der Waals surface area contributed by atoms with Gasteiger partial charge >= 0.3 is 35.0 Å². The van der Waals surface area contributed by atoms with Crippen LogP contribution in [-0.2, 0) is 67.9 Å². The minimum Gasteiger partial charge on any atom is -0.462 e. The Morgan fingerprint density at radius 3 is 0.773 bits per heavy atom. The van der Waals surface area contributed by atoms with Crippen LogP contribution in [0.2, 0.25) is 0 Å². The molecule has 3 aliphatic heterocycles. The van der Waals surface area contributed by atoms with Crippen LogP contribution in [0.5, 0.6) is 0 Å². The first kappa shape index (κ1) is 57.1. The van der Waals surface area contributed by atoms with Crippen LogP contribution in [-0.4, -0.2) is 97.9 Å². The Hall–Kier alpha value is -5.64. The van der Waals surface area contributed by atoms with Gasteiger partial charge in [0.1, 0.15) is 18.3 Å². The first-order chi connectivity index (χ1) is 35.1. The van der Waals surface area contributed by atoms with Crippen molar-refractivity contribution in [2.75, 3.05) is 0 Å². The zero-order valence-corrected chi connectivity index (χ0v) is 46.9. The molecular weight excluding hydrogens is 949 g/mol. The molecule has 0 aliphatic carbocycles. The summed E-state index contributed by atoms with van der Waals surface area (Å²) in [4.78, 5) is 91.1. The van der Waals surface area contributed by atoms with Gasteiger partial charge in [-0.2, -0.15) is 0 Å². The number of carbonyl (C=O) groups is 3. The lowest BCUT2D eigenvalue weighted by atomic mass is 9.77. The number of aromatic nitrogens is 3. The van der Waals surface area contributed by atoms with E-state index in [1.165, 1.54) is 16.7 Å². The molecule has 0 unspecified atom stereocenters. The highest BCUT2D eigenvalue weighted by atomic mass is 16.6. The number of likely N-dealkylation sites (tertiary alicyclic amines) is 3. The van der Waals surface area contributed by atoms with Gasteiger partial charge in [-0.15, -0.1) is 0 Å². The van der Waals surface area contributed by atoms with Crippen LogP contribution in [0.4, 0.5) is 0 Å². The van der Waals surface area contributed by atoms with Crippen molar-refractivity contribution in [3.8, 4) is 0 Å². The fraction of sp³-hybridized carbons (Fsp3) is 0.600. The van der Waals surface area contributed by atoms with Gasteiger partial charge in [-0.05, 0) is 99.8 Å². The zero-order valence-electron chi connectivity index (χ0n) is 46.9. The Balaban J connectivity index is 1.05. The molecule has 7 rings (SSSR count). The van der Waals surface area contributed by atoms with Gasteiger partial charge in [0, 0.05) is 111 Å². The molecule has 3 saturated heterocycles. The molecule has 0 spiro atoms. The fourth-order valence-corrected chi connectivity index (χ4v) is 13.1. The number of carbonyl (C=O) groups excluding carboxylic acids is 3. The van der Waals surface area contributed by atoms with E-state index in [0.29, 0.717) is 38.5 Å². The molecule has 0 radical (unpaired) electrons. The summed E-state index contributed by atoms with van der Waals surface area (Å²) in [6.45, 7) is 26.7. The van der Waals surface area contributed by atoms with Gasteiger partial charge in [0.2, 0.25) is 0 Å². The van der Waals surface area contributed by atoms with E-state index in [1.807, 2.05) is 54.6 Å². The van der Waals surface area contributed by atoms with Gasteiger partial charge in [-0.1, -0.05) is 91.0 Å². The monoisotopic (exact) mass is 1030 g/mol. The lowest BCUT2D eigenvalue weighted by molar-refractivity contribution is -0.162. The van der Waals surface area contributed by atoms with Gasteiger partial charge in [0.05, 0.1) is 19.3 Å². The van der Waals surface area contributed by atoms with Crippen LogP contribution in [0.1, 0.15) is 158 Å². The van der Waals surface area contributed by atoms with Crippen molar-refractivity contribution < 1.29 is 28.6 Å². The minimum atomic E-state index is -0.968. The molecule has 0 atom stereocenters. The van der Waals surface area contributed by atoms with E-state index in [9.17, 15) is 28.8 Å². The van der Waals surface area contributed by atoms with Crippen molar-refractivity contribution in [3.63, 3.8) is 0 Å². The summed E-state index contributed by atoms with van der Waals surface area (Å²) < 4.78 is 20.8. The van der Waals surface area contributed by atoms with Crippen LogP contribution in [0.25, 0.3) is 0 Å². The largest absolute Gasteiger partial charge is 0.462 e. The summed E-state index contributed by atoms with van der Waals surface area (Å²) in [5.74, 6) is -1.77. The van der Waals surface area contributed by atoms with Gasteiger partial charge in [-0.3, -0.25) is 29.1 Å². The molecule has 75 heavy (non-hydrogen) atoms. The normalized spacial score (nSPS) is 20.8. The maximum atomic E-state index is 14.2. The molecule has 0 N–H and O–H groups in total. The zero-order chi connectivity index (χ0) is 54.7. The second-order valence-corrected chi connectivity index (χ2v) is 25.2. The topological polar surface area (TPSA) is 155 Å². The van der Waals surface area contributed by atoms with Crippen molar-refractivity contribution in [2.45, 2.75) is 232 Å². The number of nitrogens with zero attached hydrogens (tertiary/aromatic N) is 6. The molecular formula is C60H84N6O9. The first-order valence-corrected chi connectivity index (χ1v) is 27.0. The summed E-state index contributed by atoms with van der Waals surface area (Å²) in [6.07, 6.45) is 1.18. The highest BCUT2D eigenvalue weighted by Gasteiger charge is 2.49. The second kappa shape index (κ2) is 22.5. The van der Waals surface area contributed by atoms with E-state index in [0.717, 1.165) is 33.3 Å². The number of rotatable bonds is 18. The molecule has 0 bridgehead atoms. The van der Waals surface area contributed by atoms with E-state index in [-0.39, 0.29) is 72.1 Å². The minimum absolute atomic E-state index is 0.328. The summed E-state index contributed by atoms with van der Waals surface area (Å²) in [5, 5.41) is 0. The second-order valence-electron chi connectivity index (χ2n) is 25.2. The first-order valence-electron chi connectivity index (χ1n) is 27.0. The third-order valence-corrected chi connectivity index (χ3v) is 16.2. The number of piperidine rings is 3. The van der Waals surface area contributed by atoms with Crippen molar-refractivity contribution in [1.29, 1.82) is 0 Å². The Morgan fingerprint density at radius 1 is 0.373 bits per heavy atom. The molecule has 15 heteroatoms. The highest BCUT2D eigenvalue weighted by molar-refractivity contribution is 5.70. The Morgan fingerprint density at radius 2 is 0.573 bits per heavy atom. The lowest BCUT2D eigenvalue weighted by Crippen LogP contribution is -2.61. The fourth-order valence-electron chi connectivity index (χ4n) is 13.1. The van der Waals surface area contributed by atoms with Gasteiger partial charge in [0.15, 0.2) is 0 Å². The smallest absolute Gasteiger partial charge is 0.336 e. The van der Waals surface area contributed by atoms with Crippen LogP contribution in [0, 0.1) is 0 Å². The number of benzene rings is 3. The molecule has 4 heterocycles. The quantitative estimate of drug-likeness (QED) is 0.0692. The Kier molecular flexibility index (Phi) is 17.1. The maximum absolute atomic E-state index is 14.2. The Labute approximate surface area is 444 Å². The summed E-state index contributed by atoms with van der Waals surface area (Å²) in [6, 6.07) is 30.8. The summed E-state index contributed by atoms with van der Waals surface area (Å²) in [7, 11) is 0. The molecule has 1 aromatic heterocycles. The number of ether oxygens (including phenoxy) is 3. The highest BCUT2D eigenvalue weighted by Crippen LogP contribution is 2.43. The predicted octanol–water partition coefficient (Wildman–Crippen LogP) is 8.64. The average Bonchev–Trinajstić information content (AvgIpc) is 3.30. The number of hydrogen-bond donors (Lipinski definition) is 0. The van der Waals surface area contributed by atoms with Crippen molar-refractivity contribution >= 4 is 17.9 Å². The molecule has 3 aliphatic rings. The van der Waals surface area contributed by atoms with E-state index in [4.69, 9.17) is 14.2 Å². The molecule has 0 saturated carbocycles. The standard InChI is InChI=1S/C60H84N6O9/c1-55(2)34-46(35-56(3,4)64(55)40-43-22-16-13-17-23-43)73-49(67)28-31-61-52(70)62(32-29-50(68)74-47-36-57(5,6)65(58(7,8)37-47)41-44-24-18-14-19-25-44)54(72)63(53(61)71)33-30-51(69)75-48-38-59(9,10)66(60(11,12)39-48)42-45-26-20-15-21-27-45/h13-27,46-48H,28-42H2,1-12H3. The SMILES string of the molecule is CC1(C)CC(OC(=O)CCn2c(=O)n(CCC(=O)OC3CC(C)(C)N(Cc4ccccc4)C(C)(C)C3)c(=O)n(CCC(=O)OC3CC(C)(C)N(Cc4ccccc4)C(C)(C)C3)c2=O)CC(C)(C)N1Cc1ccccc1. The predicted molar refractivity (Wildman–Crippen MR) is 291 cm³/mol. The van der Waals surface area contributed by atoms with Crippen molar-refractivity contribution in [3.05, 3.63) is 139 Å². The van der Waals surface area contributed by atoms with Crippen LogP contribution >= 0.6 is 0 Å². The van der Waals surface area contributed by atoms with E-state index in [2.05, 4.69) is 134 Å². The lowest BCUT2D eigenvalue weighted by Gasteiger charge is -2.55. The molecule has 3 fully saturated rings. The van der Waals surface area contributed by atoms with Crippen LogP contribution in [0.3, 0.4) is 0 Å². The van der Waals surface area contributed by atoms with E-state index >= 15 is 0 Å². The van der Waals surface area contributed by atoms with Crippen molar-refractivity contribution in [2.24, 2.45) is 0 Å².